The molecule has 0 bridgehead atoms. The standard InChI is InChI=1S/C18H27N3O.HI/c1-14(2)13-22-17-11-7-4-8-15(17)12-20-18(19-3)21-16-9-5-6-10-16;/h4-8,11,14,16H,9-10,12-13H2,1-3H3,(H2,19,20,21);1H. The summed E-state index contributed by atoms with van der Waals surface area (Å²) in [5.41, 5.74) is 1.15. The Morgan fingerprint density at radius 2 is 1.96 bits per heavy atom. The summed E-state index contributed by atoms with van der Waals surface area (Å²) in [6.45, 7) is 5.75. The van der Waals surface area contributed by atoms with Gasteiger partial charge in [0.1, 0.15) is 5.75 Å². The van der Waals surface area contributed by atoms with Crippen LogP contribution in [0.5, 0.6) is 5.75 Å². The Balaban J connectivity index is 0.00000264. The van der Waals surface area contributed by atoms with Crippen LogP contribution < -0.4 is 15.4 Å². The van der Waals surface area contributed by atoms with Gasteiger partial charge in [0, 0.05) is 25.2 Å². The highest BCUT2D eigenvalue weighted by molar-refractivity contribution is 14.0. The predicted octanol–water partition coefficient (Wildman–Crippen LogP) is 3.72. The number of rotatable bonds is 6. The zero-order valence-electron chi connectivity index (χ0n) is 14.2. The normalized spacial score (nSPS) is 14.7. The van der Waals surface area contributed by atoms with Crippen molar-refractivity contribution in [3.63, 3.8) is 0 Å². The third kappa shape index (κ3) is 6.81. The summed E-state index contributed by atoms with van der Waals surface area (Å²) >= 11 is 0. The number of para-hydroxylation sites is 1. The lowest BCUT2D eigenvalue weighted by Gasteiger charge is -2.18. The van der Waals surface area contributed by atoms with Gasteiger partial charge in [0.2, 0.25) is 0 Å². The zero-order chi connectivity index (χ0) is 15.8. The first kappa shape index (κ1) is 19.8. The average Bonchev–Trinajstić information content (AvgIpc) is 3.03. The van der Waals surface area contributed by atoms with Crippen LogP contribution in [0.4, 0.5) is 0 Å². The minimum atomic E-state index is 0. The molecule has 0 heterocycles. The van der Waals surface area contributed by atoms with Crippen molar-refractivity contribution in [2.75, 3.05) is 13.7 Å². The fraction of sp³-hybridized carbons (Fsp3) is 0.500. The largest absolute Gasteiger partial charge is 0.493 e. The zero-order valence-corrected chi connectivity index (χ0v) is 16.5. The van der Waals surface area contributed by atoms with E-state index in [9.17, 15) is 0 Å². The number of nitrogens with zero attached hydrogens (tertiary/aromatic N) is 1. The summed E-state index contributed by atoms with van der Waals surface area (Å²) in [7, 11) is 1.80. The molecule has 0 aromatic heterocycles. The van der Waals surface area contributed by atoms with E-state index in [1.807, 2.05) is 18.2 Å². The highest BCUT2D eigenvalue weighted by atomic mass is 127. The van der Waals surface area contributed by atoms with E-state index in [1.165, 1.54) is 0 Å². The van der Waals surface area contributed by atoms with Crippen LogP contribution in [0, 0.1) is 5.92 Å². The Morgan fingerprint density at radius 3 is 2.61 bits per heavy atom. The number of benzene rings is 1. The molecule has 0 atom stereocenters. The first-order chi connectivity index (χ1) is 10.7. The topological polar surface area (TPSA) is 45.7 Å². The molecule has 5 heteroatoms. The van der Waals surface area contributed by atoms with E-state index in [1.54, 1.807) is 7.05 Å². The van der Waals surface area contributed by atoms with Crippen molar-refractivity contribution in [2.45, 2.75) is 39.3 Å². The third-order valence-corrected chi connectivity index (χ3v) is 3.56. The molecule has 1 aromatic carbocycles. The second-order valence-corrected chi connectivity index (χ2v) is 6.02. The Kier molecular flexibility index (Phi) is 9.06. The van der Waals surface area contributed by atoms with Crippen molar-refractivity contribution in [3.05, 3.63) is 42.0 Å². The monoisotopic (exact) mass is 429 g/mol. The van der Waals surface area contributed by atoms with Gasteiger partial charge in [-0.15, -0.1) is 24.0 Å². The van der Waals surface area contributed by atoms with Crippen molar-refractivity contribution in [1.82, 2.24) is 10.6 Å². The molecule has 2 rings (SSSR count). The molecular formula is C18H28IN3O. The molecule has 0 aliphatic heterocycles. The molecule has 1 aliphatic carbocycles. The minimum Gasteiger partial charge on any atom is -0.493 e. The van der Waals surface area contributed by atoms with E-state index < -0.39 is 0 Å². The van der Waals surface area contributed by atoms with E-state index in [0.29, 0.717) is 18.5 Å². The number of nitrogens with one attached hydrogen (secondary N) is 2. The Labute approximate surface area is 156 Å². The summed E-state index contributed by atoms with van der Waals surface area (Å²) < 4.78 is 5.89. The number of guanidine groups is 1. The summed E-state index contributed by atoms with van der Waals surface area (Å²) in [6.07, 6.45) is 6.55. The summed E-state index contributed by atoms with van der Waals surface area (Å²) in [5, 5.41) is 6.81. The fourth-order valence-corrected chi connectivity index (χ4v) is 2.35. The fourth-order valence-electron chi connectivity index (χ4n) is 2.35. The number of halogens is 1. The second kappa shape index (κ2) is 10.5. The molecule has 0 amide bonds. The molecule has 0 saturated carbocycles. The third-order valence-electron chi connectivity index (χ3n) is 3.56. The van der Waals surface area contributed by atoms with Gasteiger partial charge < -0.3 is 15.4 Å². The molecule has 1 aromatic rings. The lowest BCUT2D eigenvalue weighted by atomic mass is 10.2. The molecule has 0 unspecified atom stereocenters. The van der Waals surface area contributed by atoms with Crippen LogP contribution in [0.2, 0.25) is 0 Å². The second-order valence-electron chi connectivity index (χ2n) is 6.02. The number of aliphatic imine (C=N–C) groups is 1. The van der Waals surface area contributed by atoms with Crippen molar-refractivity contribution < 1.29 is 4.74 Å². The van der Waals surface area contributed by atoms with Crippen LogP contribution in [0.3, 0.4) is 0 Å². The maximum absolute atomic E-state index is 5.89. The van der Waals surface area contributed by atoms with E-state index >= 15 is 0 Å². The van der Waals surface area contributed by atoms with E-state index in [-0.39, 0.29) is 24.0 Å². The van der Waals surface area contributed by atoms with Gasteiger partial charge in [0.05, 0.1) is 6.61 Å². The Morgan fingerprint density at radius 1 is 1.26 bits per heavy atom. The van der Waals surface area contributed by atoms with Gasteiger partial charge in [-0.3, -0.25) is 4.99 Å². The van der Waals surface area contributed by atoms with Crippen LogP contribution in [-0.2, 0) is 6.54 Å². The molecule has 2 N–H and O–H groups in total. The van der Waals surface area contributed by atoms with E-state index in [0.717, 1.165) is 36.7 Å². The molecule has 1 aliphatic rings. The van der Waals surface area contributed by atoms with Crippen molar-refractivity contribution in [1.29, 1.82) is 0 Å². The molecule has 0 spiro atoms. The summed E-state index contributed by atoms with van der Waals surface area (Å²) in [5.74, 6) is 2.30. The molecule has 0 fully saturated rings. The van der Waals surface area contributed by atoms with Crippen molar-refractivity contribution in [3.8, 4) is 5.75 Å². The van der Waals surface area contributed by atoms with Gasteiger partial charge in [0.15, 0.2) is 5.96 Å². The first-order valence-electron chi connectivity index (χ1n) is 8.02. The van der Waals surface area contributed by atoms with Gasteiger partial charge >= 0.3 is 0 Å². The van der Waals surface area contributed by atoms with Crippen molar-refractivity contribution >= 4 is 29.9 Å². The summed E-state index contributed by atoms with van der Waals surface area (Å²) in [4.78, 5) is 4.30. The average molecular weight is 429 g/mol. The van der Waals surface area contributed by atoms with Gasteiger partial charge in [-0.2, -0.15) is 0 Å². The molecule has 128 valence electrons. The van der Waals surface area contributed by atoms with Crippen LogP contribution in [0.25, 0.3) is 0 Å². The molecular weight excluding hydrogens is 401 g/mol. The van der Waals surface area contributed by atoms with Crippen LogP contribution >= 0.6 is 24.0 Å². The summed E-state index contributed by atoms with van der Waals surface area (Å²) in [6, 6.07) is 8.62. The van der Waals surface area contributed by atoms with Crippen LogP contribution in [0.1, 0.15) is 32.3 Å². The SMILES string of the molecule is CN=C(NCc1ccccc1OCC(C)C)NC1CC=CC1.I. The number of ether oxygens (including phenoxy) is 1. The smallest absolute Gasteiger partial charge is 0.191 e. The molecule has 0 saturated heterocycles. The van der Waals surface area contributed by atoms with Crippen molar-refractivity contribution in [2.24, 2.45) is 10.9 Å². The lowest BCUT2D eigenvalue weighted by molar-refractivity contribution is 0.268. The minimum absolute atomic E-state index is 0. The van der Waals surface area contributed by atoms with Gasteiger partial charge in [-0.25, -0.2) is 0 Å². The quantitative estimate of drug-likeness (QED) is 0.314. The Bertz CT molecular complexity index is 521. The molecule has 23 heavy (non-hydrogen) atoms. The lowest BCUT2D eigenvalue weighted by Crippen LogP contribution is -2.42. The van der Waals surface area contributed by atoms with Crippen LogP contribution in [-0.4, -0.2) is 25.7 Å². The highest BCUT2D eigenvalue weighted by Crippen LogP contribution is 2.18. The predicted molar refractivity (Wildman–Crippen MR) is 108 cm³/mol. The molecule has 4 nitrogen and oxygen atoms in total. The maximum Gasteiger partial charge on any atom is 0.191 e. The first-order valence-corrected chi connectivity index (χ1v) is 8.02. The maximum atomic E-state index is 5.89. The highest BCUT2D eigenvalue weighted by Gasteiger charge is 2.12. The number of hydrogen-bond donors (Lipinski definition) is 2. The van der Waals surface area contributed by atoms with E-state index in [2.05, 4.69) is 47.7 Å². The molecule has 0 radical (unpaired) electrons. The van der Waals surface area contributed by atoms with E-state index in [4.69, 9.17) is 4.74 Å². The Hall–Kier alpha value is -1.24. The van der Waals surface area contributed by atoms with Gasteiger partial charge in [0.25, 0.3) is 0 Å². The number of hydrogen-bond acceptors (Lipinski definition) is 2. The van der Waals surface area contributed by atoms with Crippen LogP contribution in [0.15, 0.2) is 41.4 Å². The van der Waals surface area contributed by atoms with Gasteiger partial charge in [-0.05, 0) is 24.8 Å². The van der Waals surface area contributed by atoms with Gasteiger partial charge in [-0.1, -0.05) is 44.2 Å².